The minimum absolute atomic E-state index is 0.0192. The molecule has 1 aliphatic carbocycles. The average molecular weight is 351 g/mol. The first-order valence-electron chi connectivity index (χ1n) is 8.69. The molecular weight excluding hydrogens is 330 g/mol. The molecular formula is C20H21N3O3. The molecule has 1 saturated carbocycles. The Morgan fingerprint density at radius 1 is 1.31 bits per heavy atom. The molecule has 1 aromatic carbocycles. The molecule has 3 aromatic rings. The van der Waals surface area contributed by atoms with Crippen LogP contribution in [0.5, 0.6) is 5.75 Å². The Hall–Kier alpha value is -3.02. The number of amides is 1. The second-order valence-corrected chi connectivity index (χ2v) is 6.51. The van der Waals surface area contributed by atoms with Gasteiger partial charge in [0.05, 0.1) is 18.8 Å². The van der Waals surface area contributed by atoms with Gasteiger partial charge >= 0.3 is 0 Å². The van der Waals surface area contributed by atoms with Gasteiger partial charge in [-0.05, 0) is 37.1 Å². The lowest BCUT2D eigenvalue weighted by molar-refractivity contribution is -0.123. The van der Waals surface area contributed by atoms with Crippen molar-refractivity contribution in [1.29, 1.82) is 0 Å². The van der Waals surface area contributed by atoms with E-state index in [-0.39, 0.29) is 11.9 Å². The summed E-state index contributed by atoms with van der Waals surface area (Å²) in [6.45, 7) is 0.408. The maximum absolute atomic E-state index is 13.0. The SMILES string of the molecule is COc1ccccc1C1(C(=O)NCC(c2ccco2)n2cccn2)CC1. The number of methoxy groups -OCH3 is 1. The number of ether oxygens (including phenoxy) is 1. The van der Waals surface area contributed by atoms with Crippen molar-refractivity contribution in [3.8, 4) is 5.75 Å². The molecule has 6 nitrogen and oxygen atoms in total. The first kappa shape index (κ1) is 16.4. The third-order valence-electron chi connectivity index (χ3n) is 4.98. The highest BCUT2D eigenvalue weighted by molar-refractivity contribution is 5.92. The quantitative estimate of drug-likeness (QED) is 0.711. The molecule has 2 aromatic heterocycles. The van der Waals surface area contributed by atoms with E-state index in [2.05, 4.69) is 10.4 Å². The summed E-state index contributed by atoms with van der Waals surface area (Å²) in [7, 11) is 1.64. The minimum atomic E-state index is -0.496. The number of para-hydroxylation sites is 1. The lowest BCUT2D eigenvalue weighted by Crippen LogP contribution is -2.38. The fourth-order valence-electron chi connectivity index (χ4n) is 3.41. The number of benzene rings is 1. The van der Waals surface area contributed by atoms with Crippen molar-refractivity contribution in [1.82, 2.24) is 15.1 Å². The first-order chi connectivity index (χ1) is 12.7. The molecule has 0 bridgehead atoms. The predicted molar refractivity (Wildman–Crippen MR) is 96.0 cm³/mol. The van der Waals surface area contributed by atoms with Crippen LogP contribution in [0.15, 0.2) is 65.5 Å². The van der Waals surface area contributed by atoms with Gasteiger partial charge in [0.25, 0.3) is 0 Å². The zero-order valence-electron chi connectivity index (χ0n) is 14.6. The van der Waals surface area contributed by atoms with Gasteiger partial charge in [-0.25, -0.2) is 0 Å². The standard InChI is InChI=1S/C20H21N3O3/c1-25-17-7-3-2-6-15(17)20(9-10-20)19(24)21-14-16(18-8-4-13-26-18)23-12-5-11-22-23/h2-8,11-13,16H,9-10,14H2,1H3,(H,21,24). The van der Waals surface area contributed by atoms with E-state index in [4.69, 9.17) is 9.15 Å². The smallest absolute Gasteiger partial charge is 0.230 e. The number of carbonyl (C=O) groups is 1. The normalized spacial score (nSPS) is 16.0. The molecule has 1 fully saturated rings. The maximum atomic E-state index is 13.0. The van der Waals surface area contributed by atoms with Crippen LogP contribution in [0, 0.1) is 0 Å². The Balaban J connectivity index is 1.53. The largest absolute Gasteiger partial charge is 0.496 e. The maximum Gasteiger partial charge on any atom is 0.230 e. The molecule has 1 unspecified atom stereocenters. The van der Waals surface area contributed by atoms with Crippen molar-refractivity contribution < 1.29 is 13.9 Å². The summed E-state index contributed by atoms with van der Waals surface area (Å²) >= 11 is 0. The lowest BCUT2D eigenvalue weighted by atomic mass is 9.94. The summed E-state index contributed by atoms with van der Waals surface area (Å²) in [5, 5.41) is 7.40. The highest BCUT2D eigenvalue weighted by Crippen LogP contribution is 2.51. The van der Waals surface area contributed by atoms with Crippen molar-refractivity contribution in [2.24, 2.45) is 0 Å². The summed E-state index contributed by atoms with van der Waals surface area (Å²) in [5.41, 5.74) is 0.457. The Bertz CT molecular complexity index is 833. The molecule has 1 amide bonds. The van der Waals surface area contributed by atoms with Gasteiger partial charge in [-0.3, -0.25) is 9.48 Å². The number of nitrogens with zero attached hydrogens (tertiary/aromatic N) is 2. The van der Waals surface area contributed by atoms with E-state index in [0.717, 1.165) is 29.9 Å². The molecule has 6 heteroatoms. The summed E-state index contributed by atoms with van der Waals surface area (Å²) < 4.78 is 12.8. The molecule has 4 rings (SSSR count). The van der Waals surface area contributed by atoms with Gasteiger partial charge in [0.2, 0.25) is 5.91 Å². The van der Waals surface area contributed by atoms with E-state index in [1.165, 1.54) is 0 Å². The van der Waals surface area contributed by atoms with Crippen molar-refractivity contribution in [2.45, 2.75) is 24.3 Å². The van der Waals surface area contributed by atoms with E-state index in [9.17, 15) is 4.79 Å². The topological polar surface area (TPSA) is 69.3 Å². The fourth-order valence-corrected chi connectivity index (χ4v) is 3.41. The van der Waals surface area contributed by atoms with Crippen LogP contribution in [-0.4, -0.2) is 29.3 Å². The van der Waals surface area contributed by atoms with Crippen molar-refractivity contribution >= 4 is 5.91 Å². The van der Waals surface area contributed by atoms with Gasteiger partial charge in [-0.15, -0.1) is 0 Å². The minimum Gasteiger partial charge on any atom is -0.496 e. The van der Waals surface area contributed by atoms with Crippen LogP contribution in [0.4, 0.5) is 0 Å². The van der Waals surface area contributed by atoms with Crippen LogP contribution in [0.25, 0.3) is 0 Å². The Labute approximate surface area is 151 Å². The molecule has 0 saturated heterocycles. The van der Waals surface area contributed by atoms with E-state index >= 15 is 0 Å². The average Bonchev–Trinajstić information content (AvgIpc) is 3.07. The number of rotatable bonds is 7. The molecule has 1 atom stereocenters. The molecule has 1 aliphatic rings. The van der Waals surface area contributed by atoms with E-state index in [1.807, 2.05) is 48.7 Å². The zero-order chi connectivity index (χ0) is 18.0. The van der Waals surface area contributed by atoms with Gasteiger partial charge in [0.1, 0.15) is 17.6 Å². The summed E-state index contributed by atoms with van der Waals surface area (Å²) in [5.74, 6) is 1.54. The van der Waals surface area contributed by atoms with Crippen LogP contribution in [0.2, 0.25) is 0 Å². The van der Waals surface area contributed by atoms with Crippen LogP contribution in [-0.2, 0) is 10.2 Å². The Morgan fingerprint density at radius 3 is 2.81 bits per heavy atom. The van der Waals surface area contributed by atoms with E-state index in [1.54, 1.807) is 24.3 Å². The van der Waals surface area contributed by atoms with Crippen LogP contribution >= 0.6 is 0 Å². The molecule has 26 heavy (non-hydrogen) atoms. The van der Waals surface area contributed by atoms with Crippen molar-refractivity contribution in [2.75, 3.05) is 13.7 Å². The van der Waals surface area contributed by atoms with Crippen molar-refractivity contribution in [3.05, 3.63) is 72.4 Å². The van der Waals surface area contributed by atoms with Crippen LogP contribution in [0.3, 0.4) is 0 Å². The van der Waals surface area contributed by atoms with Gasteiger partial charge in [-0.1, -0.05) is 18.2 Å². The molecule has 0 aliphatic heterocycles. The molecule has 1 N–H and O–H groups in total. The van der Waals surface area contributed by atoms with Crippen LogP contribution in [0.1, 0.15) is 30.2 Å². The fraction of sp³-hybridized carbons (Fsp3) is 0.300. The third kappa shape index (κ3) is 2.87. The number of hydrogen-bond acceptors (Lipinski definition) is 4. The summed E-state index contributed by atoms with van der Waals surface area (Å²) in [6.07, 6.45) is 6.87. The van der Waals surface area contributed by atoms with Crippen LogP contribution < -0.4 is 10.1 Å². The van der Waals surface area contributed by atoms with Gasteiger partial charge in [0, 0.05) is 24.5 Å². The lowest BCUT2D eigenvalue weighted by Gasteiger charge is -2.21. The molecule has 134 valence electrons. The summed E-state index contributed by atoms with van der Waals surface area (Å²) in [6, 6.07) is 13.1. The predicted octanol–water partition coefficient (Wildman–Crippen LogP) is 2.92. The zero-order valence-corrected chi connectivity index (χ0v) is 14.6. The highest BCUT2D eigenvalue weighted by Gasteiger charge is 2.52. The van der Waals surface area contributed by atoms with E-state index < -0.39 is 5.41 Å². The van der Waals surface area contributed by atoms with Crippen molar-refractivity contribution in [3.63, 3.8) is 0 Å². The highest BCUT2D eigenvalue weighted by atomic mass is 16.5. The summed E-state index contributed by atoms with van der Waals surface area (Å²) in [4.78, 5) is 13.0. The third-order valence-corrected chi connectivity index (χ3v) is 4.98. The van der Waals surface area contributed by atoms with E-state index in [0.29, 0.717) is 6.54 Å². The molecule has 0 radical (unpaired) electrons. The number of furan rings is 1. The monoisotopic (exact) mass is 351 g/mol. The first-order valence-corrected chi connectivity index (χ1v) is 8.69. The van der Waals surface area contributed by atoms with Gasteiger partial charge < -0.3 is 14.5 Å². The van der Waals surface area contributed by atoms with Gasteiger partial charge in [0.15, 0.2) is 0 Å². The van der Waals surface area contributed by atoms with Gasteiger partial charge in [-0.2, -0.15) is 5.10 Å². The number of aromatic nitrogens is 2. The number of carbonyl (C=O) groups excluding carboxylic acids is 1. The Morgan fingerprint density at radius 2 is 2.15 bits per heavy atom. The molecule has 2 heterocycles. The second kappa shape index (κ2) is 6.71. The Kier molecular flexibility index (Phi) is 4.24. The second-order valence-electron chi connectivity index (χ2n) is 6.51. The molecule has 0 spiro atoms. The number of nitrogens with one attached hydrogen (secondary N) is 1. The number of hydrogen-bond donors (Lipinski definition) is 1.